The molecule has 0 radical (unpaired) electrons. The Morgan fingerprint density at radius 2 is 1.90 bits per heavy atom. The molecule has 1 fully saturated rings. The van der Waals surface area contributed by atoms with Gasteiger partial charge in [-0.05, 0) is 44.4 Å². The highest BCUT2D eigenvalue weighted by Gasteiger charge is 2.33. The summed E-state index contributed by atoms with van der Waals surface area (Å²) in [5, 5.41) is 4.41. The summed E-state index contributed by atoms with van der Waals surface area (Å²) in [5.74, 6) is -2.42. The number of carbonyl (C=O) groups excluding carboxylic acids is 1. The maximum absolute atomic E-state index is 14.0. The van der Waals surface area contributed by atoms with Crippen molar-refractivity contribution in [2.75, 3.05) is 19.7 Å². The van der Waals surface area contributed by atoms with Crippen molar-refractivity contribution in [2.45, 2.75) is 50.5 Å². The van der Waals surface area contributed by atoms with Crippen molar-refractivity contribution in [3.8, 4) is 0 Å². The highest BCUT2D eigenvalue weighted by atomic mass is 32.2. The summed E-state index contributed by atoms with van der Waals surface area (Å²) in [6.07, 6.45) is 2.52. The Bertz CT molecular complexity index is 1020. The Kier molecular flexibility index (Phi) is 6.87. The van der Waals surface area contributed by atoms with Crippen LogP contribution in [0.25, 0.3) is 0 Å². The van der Waals surface area contributed by atoms with Crippen molar-refractivity contribution in [3.63, 3.8) is 0 Å². The molecule has 0 atom stereocenters. The van der Waals surface area contributed by atoms with E-state index in [1.165, 1.54) is 4.31 Å². The SMILES string of the molecule is CCCc1cc(C(=O)OCC)nn1C1CCN(S(=O)(=O)c2ccc(F)cc2F)CC1. The number of carbonyl (C=O) groups is 1. The average Bonchev–Trinajstić information content (AvgIpc) is 3.12. The fraction of sp³-hybridized carbons (Fsp3) is 0.500. The molecule has 30 heavy (non-hydrogen) atoms. The lowest BCUT2D eigenvalue weighted by Crippen LogP contribution is -2.39. The summed E-state index contributed by atoms with van der Waals surface area (Å²) in [4.78, 5) is 11.5. The molecule has 0 spiro atoms. The third-order valence-corrected chi connectivity index (χ3v) is 7.02. The van der Waals surface area contributed by atoms with E-state index in [0.29, 0.717) is 18.9 Å². The first-order valence-electron chi connectivity index (χ1n) is 9.98. The third-order valence-electron chi connectivity index (χ3n) is 5.08. The molecular weight excluding hydrogens is 416 g/mol. The van der Waals surface area contributed by atoms with Crippen molar-refractivity contribution < 1.29 is 26.7 Å². The van der Waals surface area contributed by atoms with Crippen LogP contribution in [0.3, 0.4) is 0 Å². The second-order valence-corrected chi connectivity index (χ2v) is 9.05. The van der Waals surface area contributed by atoms with E-state index >= 15 is 0 Å². The Balaban J connectivity index is 1.77. The molecule has 3 rings (SSSR count). The summed E-state index contributed by atoms with van der Waals surface area (Å²) in [5.41, 5.74) is 1.13. The molecule has 10 heteroatoms. The van der Waals surface area contributed by atoms with Crippen LogP contribution in [0.4, 0.5) is 8.78 Å². The minimum Gasteiger partial charge on any atom is -0.461 e. The van der Waals surface area contributed by atoms with Crippen molar-refractivity contribution in [3.05, 3.63) is 47.3 Å². The summed E-state index contributed by atoms with van der Waals surface area (Å²) in [6.45, 7) is 4.34. The van der Waals surface area contributed by atoms with E-state index in [-0.39, 0.29) is 31.4 Å². The number of sulfonamides is 1. The van der Waals surface area contributed by atoms with Crippen LogP contribution in [0.2, 0.25) is 0 Å². The molecule has 164 valence electrons. The molecule has 1 aromatic carbocycles. The molecule has 0 aliphatic carbocycles. The normalized spacial score (nSPS) is 16.0. The fourth-order valence-electron chi connectivity index (χ4n) is 3.65. The molecule has 1 aliphatic heterocycles. The average molecular weight is 442 g/mol. The predicted octanol–water partition coefficient (Wildman–Crippen LogP) is 3.32. The summed E-state index contributed by atoms with van der Waals surface area (Å²) >= 11 is 0. The Hall–Kier alpha value is -2.33. The summed E-state index contributed by atoms with van der Waals surface area (Å²) < 4.78 is 60.7. The number of aromatic nitrogens is 2. The smallest absolute Gasteiger partial charge is 0.358 e. The lowest BCUT2D eigenvalue weighted by atomic mass is 10.1. The predicted molar refractivity (Wildman–Crippen MR) is 106 cm³/mol. The standard InChI is InChI=1S/C20H25F2N3O4S/c1-3-5-16-13-18(20(26)29-4-2)23-25(16)15-8-10-24(11-9-15)30(27,28)19-7-6-14(21)12-17(19)22/h6-7,12-13,15H,3-5,8-11H2,1-2H3. The van der Waals surface area contributed by atoms with Crippen LogP contribution in [-0.4, -0.2) is 48.2 Å². The first kappa shape index (κ1) is 22.4. The van der Waals surface area contributed by atoms with E-state index in [1.54, 1.807) is 17.7 Å². The van der Waals surface area contributed by atoms with Gasteiger partial charge in [0.2, 0.25) is 10.0 Å². The van der Waals surface area contributed by atoms with Gasteiger partial charge in [-0.15, -0.1) is 0 Å². The van der Waals surface area contributed by atoms with Crippen LogP contribution in [-0.2, 0) is 21.2 Å². The first-order chi connectivity index (χ1) is 14.3. The van der Waals surface area contributed by atoms with Crippen molar-refractivity contribution in [2.24, 2.45) is 0 Å². The number of esters is 1. The summed E-state index contributed by atoms with van der Waals surface area (Å²) in [6, 6.07) is 4.08. The van der Waals surface area contributed by atoms with Gasteiger partial charge in [0.05, 0.1) is 12.6 Å². The molecule has 0 bridgehead atoms. The Labute approximate surface area is 174 Å². The highest BCUT2D eigenvalue weighted by Crippen LogP contribution is 2.29. The van der Waals surface area contributed by atoms with Gasteiger partial charge in [-0.25, -0.2) is 22.0 Å². The van der Waals surface area contributed by atoms with Crippen LogP contribution < -0.4 is 0 Å². The third kappa shape index (κ3) is 4.54. The lowest BCUT2D eigenvalue weighted by Gasteiger charge is -2.32. The number of nitrogens with zero attached hydrogens (tertiary/aromatic N) is 3. The van der Waals surface area contributed by atoms with Gasteiger partial charge in [-0.3, -0.25) is 4.68 Å². The lowest BCUT2D eigenvalue weighted by molar-refractivity contribution is 0.0517. The number of aryl methyl sites for hydroxylation is 1. The van der Waals surface area contributed by atoms with E-state index in [9.17, 15) is 22.0 Å². The van der Waals surface area contributed by atoms with Gasteiger partial charge in [0.15, 0.2) is 5.69 Å². The monoisotopic (exact) mass is 441 g/mol. The van der Waals surface area contributed by atoms with Crippen molar-refractivity contribution in [1.29, 1.82) is 0 Å². The number of hydrogen-bond donors (Lipinski definition) is 0. The van der Waals surface area contributed by atoms with Crippen molar-refractivity contribution in [1.82, 2.24) is 14.1 Å². The van der Waals surface area contributed by atoms with Gasteiger partial charge in [0.25, 0.3) is 0 Å². The Morgan fingerprint density at radius 3 is 2.50 bits per heavy atom. The van der Waals surface area contributed by atoms with E-state index < -0.39 is 32.5 Å². The molecule has 0 amide bonds. The molecule has 0 unspecified atom stereocenters. The maximum Gasteiger partial charge on any atom is 0.358 e. The Morgan fingerprint density at radius 1 is 1.20 bits per heavy atom. The van der Waals surface area contributed by atoms with Crippen LogP contribution in [0.5, 0.6) is 0 Å². The van der Waals surface area contributed by atoms with Gasteiger partial charge in [0.1, 0.15) is 16.5 Å². The van der Waals surface area contributed by atoms with Gasteiger partial charge in [-0.2, -0.15) is 9.40 Å². The molecule has 0 saturated carbocycles. The maximum atomic E-state index is 14.0. The molecule has 2 heterocycles. The van der Waals surface area contributed by atoms with E-state index in [2.05, 4.69) is 5.10 Å². The molecule has 1 saturated heterocycles. The molecular formula is C20H25F2N3O4S. The number of halogens is 2. The van der Waals surface area contributed by atoms with Crippen LogP contribution in [0.15, 0.2) is 29.2 Å². The quantitative estimate of drug-likeness (QED) is 0.616. The van der Waals surface area contributed by atoms with Crippen LogP contribution >= 0.6 is 0 Å². The van der Waals surface area contributed by atoms with Gasteiger partial charge >= 0.3 is 5.97 Å². The molecule has 1 aromatic heterocycles. The minimum absolute atomic E-state index is 0.0840. The highest BCUT2D eigenvalue weighted by molar-refractivity contribution is 7.89. The fourth-order valence-corrected chi connectivity index (χ4v) is 5.16. The minimum atomic E-state index is -4.06. The second-order valence-electron chi connectivity index (χ2n) is 7.15. The largest absolute Gasteiger partial charge is 0.461 e. The zero-order chi connectivity index (χ0) is 21.9. The molecule has 2 aromatic rings. The zero-order valence-corrected chi connectivity index (χ0v) is 17.8. The van der Waals surface area contributed by atoms with E-state index in [4.69, 9.17) is 4.74 Å². The number of hydrogen-bond acceptors (Lipinski definition) is 5. The number of ether oxygens (including phenoxy) is 1. The molecule has 0 N–H and O–H groups in total. The van der Waals surface area contributed by atoms with Crippen LogP contribution in [0, 0.1) is 11.6 Å². The van der Waals surface area contributed by atoms with E-state index in [1.807, 2.05) is 6.92 Å². The topological polar surface area (TPSA) is 81.5 Å². The molecule has 1 aliphatic rings. The first-order valence-corrected chi connectivity index (χ1v) is 11.4. The number of rotatable bonds is 7. The number of piperidine rings is 1. The van der Waals surface area contributed by atoms with Crippen molar-refractivity contribution >= 4 is 16.0 Å². The van der Waals surface area contributed by atoms with Gasteiger partial charge in [0, 0.05) is 24.8 Å². The van der Waals surface area contributed by atoms with Gasteiger partial charge in [-0.1, -0.05) is 13.3 Å². The molecule has 7 nitrogen and oxygen atoms in total. The number of benzene rings is 1. The summed E-state index contributed by atoms with van der Waals surface area (Å²) in [7, 11) is -4.06. The van der Waals surface area contributed by atoms with E-state index in [0.717, 1.165) is 30.7 Å². The van der Waals surface area contributed by atoms with Gasteiger partial charge < -0.3 is 4.74 Å². The zero-order valence-electron chi connectivity index (χ0n) is 17.0. The van der Waals surface area contributed by atoms with Crippen LogP contribution in [0.1, 0.15) is 55.3 Å². The second kappa shape index (κ2) is 9.22.